The molecule has 1 aliphatic rings. The summed E-state index contributed by atoms with van der Waals surface area (Å²) in [4.78, 5) is 29.8. The van der Waals surface area contributed by atoms with Crippen LogP contribution in [0, 0.1) is 6.92 Å². The van der Waals surface area contributed by atoms with Crippen molar-refractivity contribution < 1.29 is 9.59 Å². The molecule has 1 fully saturated rings. The topological polar surface area (TPSA) is 53.2 Å². The summed E-state index contributed by atoms with van der Waals surface area (Å²) in [5.74, 6) is 0.204. The molecular formula is C19H22N2O2. The number of ketones is 1. The zero-order valence-corrected chi connectivity index (χ0v) is 13.6. The molecule has 0 aliphatic carbocycles. The Balaban J connectivity index is 1.78. The van der Waals surface area contributed by atoms with Gasteiger partial charge >= 0.3 is 0 Å². The van der Waals surface area contributed by atoms with Gasteiger partial charge in [-0.1, -0.05) is 30.3 Å². The number of aromatic amines is 1. The number of amides is 1. The summed E-state index contributed by atoms with van der Waals surface area (Å²) in [5, 5.41) is 0. The van der Waals surface area contributed by atoms with E-state index in [0.717, 1.165) is 11.1 Å². The number of nitrogens with one attached hydrogen (secondary N) is 1. The van der Waals surface area contributed by atoms with E-state index in [-0.39, 0.29) is 11.7 Å². The van der Waals surface area contributed by atoms with E-state index in [4.69, 9.17) is 0 Å². The fourth-order valence-corrected chi connectivity index (χ4v) is 3.49. The van der Waals surface area contributed by atoms with Crippen LogP contribution < -0.4 is 0 Å². The van der Waals surface area contributed by atoms with E-state index in [1.807, 2.05) is 54.4 Å². The molecule has 3 rings (SSSR count). The van der Waals surface area contributed by atoms with E-state index in [9.17, 15) is 9.59 Å². The Morgan fingerprint density at radius 3 is 2.30 bits per heavy atom. The highest BCUT2D eigenvalue weighted by atomic mass is 16.2. The van der Waals surface area contributed by atoms with Crippen molar-refractivity contribution in [2.75, 3.05) is 13.1 Å². The van der Waals surface area contributed by atoms with Crippen LogP contribution in [0.1, 0.15) is 41.4 Å². The molecule has 2 heterocycles. The van der Waals surface area contributed by atoms with Crippen molar-refractivity contribution in [1.29, 1.82) is 0 Å². The first kappa shape index (κ1) is 15.5. The second kappa shape index (κ2) is 6.03. The van der Waals surface area contributed by atoms with Gasteiger partial charge < -0.3 is 9.88 Å². The van der Waals surface area contributed by atoms with Crippen molar-refractivity contribution in [3.8, 4) is 0 Å². The molecule has 0 radical (unpaired) electrons. The number of Topliss-reactive ketones (excluding diaryl/α,β-unsaturated/α-hetero) is 1. The number of carbonyl (C=O) groups excluding carboxylic acids is 2. The van der Waals surface area contributed by atoms with Gasteiger partial charge in [-0.3, -0.25) is 9.59 Å². The van der Waals surface area contributed by atoms with Crippen LogP contribution in [-0.2, 0) is 10.2 Å². The molecule has 1 aromatic carbocycles. The van der Waals surface area contributed by atoms with Gasteiger partial charge in [-0.05, 0) is 43.9 Å². The van der Waals surface area contributed by atoms with Crippen LogP contribution >= 0.6 is 0 Å². The Labute approximate surface area is 136 Å². The lowest BCUT2D eigenvalue weighted by Crippen LogP contribution is -2.48. The minimum Gasteiger partial charge on any atom is -0.357 e. The number of H-pyrrole nitrogens is 1. The lowest BCUT2D eigenvalue weighted by molar-refractivity contribution is -0.124. The second-order valence-electron chi connectivity index (χ2n) is 6.39. The van der Waals surface area contributed by atoms with Gasteiger partial charge in [0.25, 0.3) is 5.91 Å². The highest BCUT2D eigenvalue weighted by Gasteiger charge is 2.41. The van der Waals surface area contributed by atoms with Gasteiger partial charge in [-0.25, -0.2) is 0 Å². The summed E-state index contributed by atoms with van der Waals surface area (Å²) >= 11 is 0. The minimum absolute atomic E-state index is 0.0170. The van der Waals surface area contributed by atoms with Crippen molar-refractivity contribution in [3.05, 3.63) is 59.4 Å². The number of hydrogen-bond donors (Lipinski definition) is 1. The first-order valence-electron chi connectivity index (χ1n) is 8.04. The minimum atomic E-state index is -0.455. The summed E-state index contributed by atoms with van der Waals surface area (Å²) in [7, 11) is 0. The van der Waals surface area contributed by atoms with Gasteiger partial charge in [-0.2, -0.15) is 0 Å². The smallest absolute Gasteiger partial charge is 0.270 e. The van der Waals surface area contributed by atoms with E-state index in [1.165, 1.54) is 0 Å². The SMILES string of the molecule is CC(=O)C1(c2ccccc2)CCN(C(=O)c2cc(C)c[nH]2)CC1. The van der Waals surface area contributed by atoms with Gasteiger partial charge in [0, 0.05) is 19.3 Å². The van der Waals surface area contributed by atoms with E-state index in [2.05, 4.69) is 4.98 Å². The van der Waals surface area contributed by atoms with Crippen molar-refractivity contribution in [1.82, 2.24) is 9.88 Å². The largest absolute Gasteiger partial charge is 0.357 e. The maximum absolute atomic E-state index is 12.5. The molecule has 0 unspecified atom stereocenters. The lowest BCUT2D eigenvalue weighted by atomic mass is 9.70. The Hall–Kier alpha value is -2.36. The fourth-order valence-electron chi connectivity index (χ4n) is 3.49. The van der Waals surface area contributed by atoms with Crippen molar-refractivity contribution in [3.63, 3.8) is 0 Å². The summed E-state index contributed by atoms with van der Waals surface area (Å²) in [5.41, 5.74) is 2.28. The molecule has 0 spiro atoms. The maximum atomic E-state index is 12.5. The Bertz CT molecular complexity index is 710. The Morgan fingerprint density at radius 1 is 1.13 bits per heavy atom. The summed E-state index contributed by atoms with van der Waals surface area (Å²) in [6.45, 7) is 4.83. The van der Waals surface area contributed by atoms with Gasteiger partial charge in [0.1, 0.15) is 11.5 Å². The third-order valence-corrected chi connectivity index (χ3v) is 4.96. The number of nitrogens with zero attached hydrogens (tertiary/aromatic N) is 1. The van der Waals surface area contributed by atoms with E-state index in [0.29, 0.717) is 31.6 Å². The molecule has 1 saturated heterocycles. The molecular weight excluding hydrogens is 288 g/mol. The first-order chi connectivity index (χ1) is 11.0. The highest BCUT2D eigenvalue weighted by Crippen LogP contribution is 2.36. The first-order valence-corrected chi connectivity index (χ1v) is 8.04. The molecule has 0 saturated carbocycles. The molecule has 1 N–H and O–H groups in total. The Kier molecular flexibility index (Phi) is 4.07. The predicted octanol–water partition coefficient (Wildman–Crippen LogP) is 3.09. The molecule has 23 heavy (non-hydrogen) atoms. The van der Waals surface area contributed by atoms with Crippen LogP contribution in [-0.4, -0.2) is 34.7 Å². The molecule has 2 aromatic rings. The van der Waals surface area contributed by atoms with E-state index >= 15 is 0 Å². The predicted molar refractivity (Wildman–Crippen MR) is 89.5 cm³/mol. The molecule has 1 amide bonds. The van der Waals surface area contributed by atoms with Crippen LogP contribution in [0.3, 0.4) is 0 Å². The summed E-state index contributed by atoms with van der Waals surface area (Å²) in [6.07, 6.45) is 3.19. The fraction of sp³-hybridized carbons (Fsp3) is 0.368. The standard InChI is InChI=1S/C19H22N2O2/c1-14-12-17(20-13-14)18(23)21-10-8-19(9-11-21,15(2)22)16-6-4-3-5-7-16/h3-7,12-13,20H,8-11H2,1-2H3. The summed E-state index contributed by atoms with van der Waals surface area (Å²) < 4.78 is 0. The summed E-state index contributed by atoms with van der Waals surface area (Å²) in [6, 6.07) is 11.8. The van der Waals surface area contributed by atoms with Gasteiger partial charge in [-0.15, -0.1) is 0 Å². The number of aryl methyl sites for hydroxylation is 1. The van der Waals surface area contributed by atoms with Crippen LogP contribution in [0.5, 0.6) is 0 Å². The van der Waals surface area contributed by atoms with Gasteiger partial charge in [0.15, 0.2) is 0 Å². The van der Waals surface area contributed by atoms with Crippen LogP contribution in [0.4, 0.5) is 0 Å². The van der Waals surface area contributed by atoms with Crippen LogP contribution in [0.25, 0.3) is 0 Å². The second-order valence-corrected chi connectivity index (χ2v) is 6.39. The molecule has 1 aromatic heterocycles. The van der Waals surface area contributed by atoms with Crippen molar-refractivity contribution in [2.24, 2.45) is 0 Å². The Morgan fingerprint density at radius 2 is 1.78 bits per heavy atom. The van der Waals surface area contributed by atoms with E-state index in [1.54, 1.807) is 6.92 Å². The highest BCUT2D eigenvalue weighted by molar-refractivity contribution is 5.93. The molecule has 1 aliphatic heterocycles. The zero-order valence-electron chi connectivity index (χ0n) is 13.6. The zero-order chi connectivity index (χ0) is 16.4. The molecule has 120 valence electrons. The van der Waals surface area contributed by atoms with Gasteiger partial charge in [0.05, 0.1) is 5.41 Å². The number of piperidine rings is 1. The van der Waals surface area contributed by atoms with Crippen LogP contribution in [0.15, 0.2) is 42.6 Å². The van der Waals surface area contributed by atoms with Gasteiger partial charge in [0.2, 0.25) is 0 Å². The monoisotopic (exact) mass is 310 g/mol. The average molecular weight is 310 g/mol. The molecule has 4 nitrogen and oxygen atoms in total. The number of likely N-dealkylation sites (tertiary alicyclic amines) is 1. The molecule has 4 heteroatoms. The number of benzene rings is 1. The lowest BCUT2D eigenvalue weighted by Gasteiger charge is -2.40. The van der Waals surface area contributed by atoms with E-state index < -0.39 is 5.41 Å². The van der Waals surface area contributed by atoms with Crippen LogP contribution in [0.2, 0.25) is 0 Å². The number of hydrogen-bond acceptors (Lipinski definition) is 2. The van der Waals surface area contributed by atoms with Crippen molar-refractivity contribution in [2.45, 2.75) is 32.1 Å². The normalized spacial score (nSPS) is 17.0. The van der Waals surface area contributed by atoms with Crippen molar-refractivity contribution >= 4 is 11.7 Å². The third-order valence-electron chi connectivity index (χ3n) is 4.96. The third kappa shape index (κ3) is 2.81. The molecule has 0 bridgehead atoms. The average Bonchev–Trinajstić information content (AvgIpc) is 3.01. The molecule has 0 atom stereocenters. The number of carbonyl (C=O) groups is 2. The quantitative estimate of drug-likeness (QED) is 0.947. The maximum Gasteiger partial charge on any atom is 0.270 e. The number of rotatable bonds is 3. The number of aromatic nitrogens is 1.